The van der Waals surface area contributed by atoms with Crippen LogP contribution in [0.15, 0.2) is 35.7 Å². The minimum absolute atomic E-state index is 0.299. The first-order valence-corrected chi connectivity index (χ1v) is 6.44. The molecule has 2 rings (SSSR count). The van der Waals surface area contributed by atoms with E-state index in [1.807, 2.05) is 0 Å². The minimum atomic E-state index is -4.76. The third-order valence-electron chi connectivity index (χ3n) is 2.53. The smallest absolute Gasteiger partial charge is 0.495 e. The van der Waals surface area contributed by atoms with Gasteiger partial charge in [0, 0.05) is 0 Å². The maximum atomic E-state index is 12.2. The number of ether oxygens (including phenoxy) is 2. The van der Waals surface area contributed by atoms with E-state index < -0.39 is 12.5 Å². The molecule has 3 nitrogen and oxygen atoms in total. The van der Waals surface area contributed by atoms with Crippen molar-refractivity contribution >= 4 is 11.3 Å². The van der Waals surface area contributed by atoms with Crippen LogP contribution < -0.4 is 9.47 Å². The fourth-order valence-electron chi connectivity index (χ4n) is 1.71. The van der Waals surface area contributed by atoms with Crippen molar-refractivity contribution in [1.82, 2.24) is 0 Å². The van der Waals surface area contributed by atoms with Crippen LogP contribution in [-0.2, 0) is 0 Å². The first kappa shape index (κ1) is 14.7. The third kappa shape index (κ3) is 3.43. The monoisotopic (exact) mass is 304 g/mol. The van der Waals surface area contributed by atoms with E-state index in [9.17, 15) is 18.3 Å². The van der Waals surface area contributed by atoms with Crippen molar-refractivity contribution in [1.29, 1.82) is 0 Å². The van der Waals surface area contributed by atoms with E-state index in [-0.39, 0.29) is 5.75 Å². The molecular formula is C13H11F3O3S. The van der Waals surface area contributed by atoms with Gasteiger partial charge in [-0.3, -0.25) is 0 Å². The Kier molecular flexibility index (Phi) is 4.20. The molecule has 0 aliphatic rings. The highest BCUT2D eigenvalue weighted by Gasteiger charge is 2.31. The lowest BCUT2D eigenvalue weighted by molar-refractivity contribution is -0.274. The summed E-state index contributed by atoms with van der Waals surface area (Å²) in [6.07, 6.45) is -5.83. The Hall–Kier alpha value is -1.73. The van der Waals surface area contributed by atoms with Crippen LogP contribution in [0.25, 0.3) is 0 Å². The number of hydrogen-bond donors (Lipinski definition) is 1. The van der Waals surface area contributed by atoms with Crippen LogP contribution in [0.1, 0.15) is 16.5 Å². The van der Waals surface area contributed by atoms with E-state index in [2.05, 4.69) is 4.74 Å². The molecule has 0 radical (unpaired) electrons. The SMILES string of the molecule is COc1ccsc1C(O)c1cccc(OC(F)(F)F)c1. The van der Waals surface area contributed by atoms with E-state index in [1.54, 1.807) is 11.4 Å². The molecule has 1 N–H and O–H groups in total. The van der Waals surface area contributed by atoms with Crippen molar-refractivity contribution in [2.24, 2.45) is 0 Å². The third-order valence-corrected chi connectivity index (χ3v) is 3.48. The van der Waals surface area contributed by atoms with Crippen LogP contribution in [-0.4, -0.2) is 18.6 Å². The summed E-state index contributed by atoms with van der Waals surface area (Å²) in [6.45, 7) is 0. The number of thiophene rings is 1. The molecule has 0 saturated heterocycles. The van der Waals surface area contributed by atoms with Gasteiger partial charge in [-0.25, -0.2) is 0 Å². The fourth-order valence-corrected chi connectivity index (χ4v) is 2.58. The van der Waals surface area contributed by atoms with E-state index in [0.29, 0.717) is 16.2 Å². The molecule has 0 aliphatic heterocycles. The van der Waals surface area contributed by atoms with Crippen LogP contribution in [0.3, 0.4) is 0 Å². The standard InChI is InChI=1S/C13H11F3O3S/c1-18-10-5-6-20-12(10)11(17)8-3-2-4-9(7-8)19-13(14,15)16/h2-7,11,17H,1H3. The number of halogens is 3. The second-order valence-corrected chi connectivity index (χ2v) is 4.82. The van der Waals surface area contributed by atoms with E-state index in [1.165, 1.54) is 36.6 Å². The van der Waals surface area contributed by atoms with E-state index >= 15 is 0 Å². The second-order valence-electron chi connectivity index (χ2n) is 3.88. The Morgan fingerprint density at radius 2 is 2.00 bits per heavy atom. The minimum Gasteiger partial charge on any atom is -0.495 e. The molecule has 0 saturated carbocycles. The first-order valence-electron chi connectivity index (χ1n) is 5.56. The van der Waals surface area contributed by atoms with Crippen LogP contribution in [0.5, 0.6) is 11.5 Å². The van der Waals surface area contributed by atoms with Gasteiger partial charge in [0.05, 0.1) is 12.0 Å². The average Bonchev–Trinajstić information content (AvgIpc) is 2.84. The molecule has 2 aromatic rings. The zero-order chi connectivity index (χ0) is 14.8. The van der Waals surface area contributed by atoms with Crippen molar-refractivity contribution in [3.63, 3.8) is 0 Å². The summed E-state index contributed by atoms with van der Waals surface area (Å²) in [5.74, 6) is 0.120. The van der Waals surface area contributed by atoms with Gasteiger partial charge in [-0.05, 0) is 29.1 Å². The Bertz CT molecular complexity index is 580. The molecule has 1 aromatic heterocycles. The van der Waals surface area contributed by atoms with Gasteiger partial charge < -0.3 is 14.6 Å². The summed E-state index contributed by atoms with van der Waals surface area (Å²) in [5.41, 5.74) is 0.299. The summed E-state index contributed by atoms with van der Waals surface area (Å²) >= 11 is 1.26. The van der Waals surface area contributed by atoms with Gasteiger partial charge in [-0.2, -0.15) is 0 Å². The number of hydrogen-bond acceptors (Lipinski definition) is 4. The second kappa shape index (κ2) is 5.72. The number of alkyl halides is 3. The topological polar surface area (TPSA) is 38.7 Å². The van der Waals surface area contributed by atoms with Crippen molar-refractivity contribution in [3.8, 4) is 11.5 Å². The Labute approximate surface area is 117 Å². The first-order chi connectivity index (χ1) is 9.40. The molecule has 1 unspecified atom stereocenters. The Morgan fingerprint density at radius 1 is 1.25 bits per heavy atom. The van der Waals surface area contributed by atoms with E-state index in [4.69, 9.17) is 4.74 Å². The molecule has 0 aliphatic carbocycles. The highest BCUT2D eigenvalue weighted by Crippen LogP contribution is 2.36. The van der Waals surface area contributed by atoms with Crippen molar-refractivity contribution < 1.29 is 27.8 Å². The Balaban J connectivity index is 2.27. The zero-order valence-corrected chi connectivity index (χ0v) is 11.2. The maximum absolute atomic E-state index is 12.2. The molecule has 0 amide bonds. The highest BCUT2D eigenvalue weighted by atomic mass is 32.1. The summed E-state index contributed by atoms with van der Waals surface area (Å²) in [5, 5.41) is 11.9. The number of benzene rings is 1. The summed E-state index contributed by atoms with van der Waals surface area (Å²) in [4.78, 5) is 0.525. The predicted molar refractivity (Wildman–Crippen MR) is 68.1 cm³/mol. The number of aliphatic hydroxyl groups excluding tert-OH is 1. The zero-order valence-electron chi connectivity index (χ0n) is 10.3. The summed E-state index contributed by atoms with van der Waals surface area (Å²) in [6, 6.07) is 6.92. The molecule has 1 atom stereocenters. The van der Waals surface area contributed by atoms with Gasteiger partial charge in [0.1, 0.15) is 17.6 Å². The van der Waals surface area contributed by atoms with Crippen LogP contribution in [0.4, 0.5) is 13.2 Å². The van der Waals surface area contributed by atoms with E-state index in [0.717, 1.165) is 6.07 Å². The molecular weight excluding hydrogens is 293 g/mol. The quantitative estimate of drug-likeness (QED) is 0.935. The number of methoxy groups -OCH3 is 1. The number of aliphatic hydroxyl groups is 1. The average molecular weight is 304 g/mol. The van der Waals surface area contributed by atoms with Crippen LogP contribution in [0.2, 0.25) is 0 Å². The molecule has 7 heteroatoms. The largest absolute Gasteiger partial charge is 0.573 e. The molecule has 108 valence electrons. The van der Waals surface area contributed by atoms with Gasteiger partial charge in [-0.15, -0.1) is 24.5 Å². The normalized spacial score (nSPS) is 13.1. The molecule has 1 aromatic carbocycles. The van der Waals surface area contributed by atoms with Gasteiger partial charge >= 0.3 is 6.36 Å². The van der Waals surface area contributed by atoms with Gasteiger partial charge in [-0.1, -0.05) is 12.1 Å². The summed E-state index contributed by atoms with van der Waals surface area (Å²) in [7, 11) is 1.46. The van der Waals surface area contributed by atoms with Gasteiger partial charge in [0.25, 0.3) is 0 Å². The molecule has 20 heavy (non-hydrogen) atoms. The molecule has 1 heterocycles. The van der Waals surface area contributed by atoms with Gasteiger partial charge in [0.2, 0.25) is 0 Å². The molecule has 0 spiro atoms. The van der Waals surface area contributed by atoms with Crippen molar-refractivity contribution in [2.45, 2.75) is 12.5 Å². The van der Waals surface area contributed by atoms with Crippen molar-refractivity contribution in [3.05, 3.63) is 46.2 Å². The van der Waals surface area contributed by atoms with Gasteiger partial charge in [0.15, 0.2) is 0 Å². The van der Waals surface area contributed by atoms with Crippen molar-refractivity contribution in [2.75, 3.05) is 7.11 Å². The van der Waals surface area contributed by atoms with Crippen LogP contribution >= 0.6 is 11.3 Å². The summed E-state index contributed by atoms with van der Waals surface area (Å²) < 4.78 is 45.4. The lowest BCUT2D eigenvalue weighted by Gasteiger charge is -2.14. The maximum Gasteiger partial charge on any atom is 0.573 e. The Morgan fingerprint density at radius 3 is 2.65 bits per heavy atom. The fraction of sp³-hybridized carbons (Fsp3) is 0.231. The number of rotatable bonds is 4. The van der Waals surface area contributed by atoms with Crippen LogP contribution in [0, 0.1) is 0 Å². The lowest BCUT2D eigenvalue weighted by atomic mass is 10.1. The molecule has 0 fully saturated rings. The predicted octanol–water partition coefficient (Wildman–Crippen LogP) is 3.74. The molecule has 0 bridgehead atoms. The lowest BCUT2D eigenvalue weighted by Crippen LogP contribution is -2.17. The highest BCUT2D eigenvalue weighted by molar-refractivity contribution is 7.10.